The Balaban J connectivity index is 0.00000484. The van der Waals surface area contributed by atoms with Crippen molar-refractivity contribution in [3.8, 4) is 0 Å². The van der Waals surface area contributed by atoms with E-state index < -0.39 is 0 Å². The van der Waals surface area contributed by atoms with Crippen molar-refractivity contribution in [2.45, 2.75) is 39.5 Å². The van der Waals surface area contributed by atoms with Gasteiger partial charge in [-0.25, -0.2) is 0 Å². The monoisotopic (exact) mass is 517 g/mol. The highest BCUT2D eigenvalue weighted by atomic mass is 127. The van der Waals surface area contributed by atoms with E-state index in [4.69, 9.17) is 5.11 Å². The van der Waals surface area contributed by atoms with Gasteiger partial charge in [0.25, 0.3) is 0 Å². The summed E-state index contributed by atoms with van der Waals surface area (Å²) < 4.78 is 1.18. The molecule has 0 aromatic carbocycles. The van der Waals surface area contributed by atoms with Crippen LogP contribution in [0.1, 0.15) is 38.0 Å². The van der Waals surface area contributed by atoms with Crippen LogP contribution >= 0.6 is 51.2 Å². The van der Waals surface area contributed by atoms with Crippen molar-refractivity contribution < 1.29 is 5.11 Å². The lowest BCUT2D eigenvalue weighted by atomic mass is 10.0. The van der Waals surface area contributed by atoms with Crippen molar-refractivity contribution in [2.24, 2.45) is 10.9 Å². The maximum absolute atomic E-state index is 9.12. The highest BCUT2D eigenvalue weighted by molar-refractivity contribution is 14.0. The average molecular weight is 518 g/mol. The van der Waals surface area contributed by atoms with Crippen molar-refractivity contribution in [3.05, 3.63) is 20.8 Å². The minimum Gasteiger partial charge on any atom is -0.396 e. The Morgan fingerprint density at radius 1 is 1.30 bits per heavy atom. The first-order chi connectivity index (χ1) is 10.7. The molecule has 1 aromatic heterocycles. The van der Waals surface area contributed by atoms with Crippen molar-refractivity contribution in [1.82, 2.24) is 10.6 Å². The first-order valence-corrected chi connectivity index (χ1v) is 9.67. The first-order valence-electron chi connectivity index (χ1n) is 8.06. The second-order valence-corrected chi connectivity index (χ2v) is 7.82. The van der Waals surface area contributed by atoms with Gasteiger partial charge in [-0.2, -0.15) is 0 Å². The van der Waals surface area contributed by atoms with E-state index in [-0.39, 0.29) is 30.6 Å². The second-order valence-electron chi connectivity index (χ2n) is 5.27. The van der Waals surface area contributed by atoms with Crippen LogP contribution in [0.25, 0.3) is 0 Å². The Kier molecular flexibility index (Phi) is 14.6. The Bertz CT molecular complexity index is 437. The fourth-order valence-corrected chi connectivity index (χ4v) is 3.75. The number of aliphatic hydroxyl groups is 1. The maximum Gasteiger partial charge on any atom is 0.191 e. The molecule has 1 unspecified atom stereocenters. The van der Waals surface area contributed by atoms with Gasteiger partial charge in [0.1, 0.15) is 0 Å². The van der Waals surface area contributed by atoms with Crippen LogP contribution in [0.3, 0.4) is 0 Å². The van der Waals surface area contributed by atoms with Crippen LogP contribution in [0.2, 0.25) is 0 Å². The Morgan fingerprint density at radius 2 is 2.09 bits per heavy atom. The lowest BCUT2D eigenvalue weighted by molar-refractivity contribution is 0.253. The summed E-state index contributed by atoms with van der Waals surface area (Å²) in [6.45, 7) is 7.00. The Labute approximate surface area is 169 Å². The van der Waals surface area contributed by atoms with Gasteiger partial charge in [0, 0.05) is 31.1 Å². The van der Waals surface area contributed by atoms with Crippen molar-refractivity contribution in [2.75, 3.05) is 26.2 Å². The van der Waals surface area contributed by atoms with E-state index in [9.17, 15) is 0 Å². The first kappa shape index (κ1) is 23.1. The summed E-state index contributed by atoms with van der Waals surface area (Å²) in [6.07, 6.45) is 4.08. The Morgan fingerprint density at radius 3 is 2.65 bits per heavy atom. The van der Waals surface area contributed by atoms with Gasteiger partial charge in [0.05, 0.1) is 3.79 Å². The number of aliphatic hydroxyl groups excluding tert-OH is 1. The summed E-state index contributed by atoms with van der Waals surface area (Å²) in [5, 5.41) is 15.8. The van der Waals surface area contributed by atoms with Gasteiger partial charge in [-0.15, -0.1) is 35.3 Å². The standard InChI is InChI=1S/C16H28BrN3OS.HI/c1-3-5-13(9-11-21)12-20-16(18-4-2)19-10-8-14-6-7-15(17)22-14;/h6-7,13,21H,3-5,8-12H2,1-2H3,(H2,18,19,20);1H. The topological polar surface area (TPSA) is 56.7 Å². The molecular weight excluding hydrogens is 489 g/mol. The molecule has 0 bridgehead atoms. The van der Waals surface area contributed by atoms with Gasteiger partial charge in [-0.3, -0.25) is 4.99 Å². The third kappa shape index (κ3) is 10.6. The van der Waals surface area contributed by atoms with Crippen LogP contribution in [0.4, 0.5) is 0 Å². The summed E-state index contributed by atoms with van der Waals surface area (Å²) in [5.74, 6) is 1.34. The van der Waals surface area contributed by atoms with Gasteiger partial charge in [-0.1, -0.05) is 13.3 Å². The zero-order chi connectivity index (χ0) is 16.2. The maximum atomic E-state index is 9.12. The van der Waals surface area contributed by atoms with Crippen molar-refractivity contribution in [3.63, 3.8) is 0 Å². The molecule has 0 saturated heterocycles. The predicted octanol–water partition coefficient (Wildman–Crippen LogP) is 4.02. The van der Waals surface area contributed by atoms with Gasteiger partial charge < -0.3 is 15.7 Å². The van der Waals surface area contributed by atoms with Gasteiger partial charge in [0.15, 0.2) is 5.96 Å². The number of hydrogen-bond acceptors (Lipinski definition) is 3. The SMILES string of the molecule is CCCC(CCO)CN=C(NCC)NCCc1ccc(Br)s1.I. The van der Waals surface area contributed by atoms with Gasteiger partial charge in [-0.05, 0) is 60.2 Å². The van der Waals surface area contributed by atoms with E-state index in [1.54, 1.807) is 11.3 Å². The van der Waals surface area contributed by atoms with Crippen LogP contribution in [0.15, 0.2) is 20.9 Å². The predicted molar refractivity (Wildman–Crippen MR) is 115 cm³/mol. The second kappa shape index (κ2) is 14.5. The van der Waals surface area contributed by atoms with Crippen LogP contribution in [-0.4, -0.2) is 37.3 Å². The molecule has 23 heavy (non-hydrogen) atoms. The number of halogens is 2. The summed E-state index contributed by atoms with van der Waals surface area (Å²) in [4.78, 5) is 6.03. The fraction of sp³-hybridized carbons (Fsp3) is 0.688. The van der Waals surface area contributed by atoms with E-state index >= 15 is 0 Å². The molecule has 0 fully saturated rings. The highest BCUT2D eigenvalue weighted by Crippen LogP contribution is 2.22. The van der Waals surface area contributed by atoms with Gasteiger partial charge >= 0.3 is 0 Å². The van der Waals surface area contributed by atoms with E-state index in [1.807, 2.05) is 0 Å². The number of nitrogens with one attached hydrogen (secondary N) is 2. The number of guanidine groups is 1. The molecule has 7 heteroatoms. The molecule has 1 heterocycles. The molecule has 1 aromatic rings. The number of nitrogens with zero attached hydrogens (tertiary/aromatic N) is 1. The molecule has 3 N–H and O–H groups in total. The highest BCUT2D eigenvalue weighted by Gasteiger charge is 2.07. The number of thiophene rings is 1. The van der Waals surface area contributed by atoms with Crippen molar-refractivity contribution >= 4 is 57.2 Å². The number of rotatable bonds is 10. The molecule has 134 valence electrons. The largest absolute Gasteiger partial charge is 0.396 e. The van der Waals surface area contributed by atoms with Crippen LogP contribution < -0.4 is 10.6 Å². The molecule has 0 saturated carbocycles. The summed E-state index contributed by atoms with van der Waals surface area (Å²) >= 11 is 5.26. The average Bonchev–Trinajstić information content (AvgIpc) is 2.90. The quantitative estimate of drug-likeness (QED) is 0.249. The van der Waals surface area contributed by atoms with E-state index in [0.29, 0.717) is 5.92 Å². The minimum atomic E-state index is 0. The third-order valence-electron chi connectivity index (χ3n) is 3.38. The van der Waals surface area contributed by atoms with Crippen LogP contribution in [-0.2, 0) is 6.42 Å². The zero-order valence-corrected chi connectivity index (χ0v) is 18.7. The molecule has 1 rings (SSSR count). The van der Waals surface area contributed by atoms with Crippen LogP contribution in [0, 0.1) is 5.92 Å². The van der Waals surface area contributed by atoms with E-state index in [2.05, 4.69) is 57.5 Å². The molecular formula is C16H29BrIN3OS. The van der Waals surface area contributed by atoms with Gasteiger partial charge in [0.2, 0.25) is 0 Å². The molecule has 1 atom stereocenters. The van der Waals surface area contributed by atoms with E-state index in [0.717, 1.165) is 51.3 Å². The zero-order valence-electron chi connectivity index (χ0n) is 14.0. The molecule has 0 aliphatic heterocycles. The lowest BCUT2D eigenvalue weighted by Crippen LogP contribution is -2.38. The molecule has 0 radical (unpaired) electrons. The van der Waals surface area contributed by atoms with E-state index in [1.165, 1.54) is 8.66 Å². The number of hydrogen-bond donors (Lipinski definition) is 3. The summed E-state index contributed by atoms with van der Waals surface area (Å²) in [7, 11) is 0. The molecule has 4 nitrogen and oxygen atoms in total. The summed E-state index contributed by atoms with van der Waals surface area (Å²) in [5.41, 5.74) is 0. The lowest BCUT2D eigenvalue weighted by Gasteiger charge is -2.15. The third-order valence-corrected chi connectivity index (χ3v) is 5.06. The molecule has 0 spiro atoms. The minimum absolute atomic E-state index is 0. The molecule has 0 amide bonds. The van der Waals surface area contributed by atoms with Crippen LogP contribution in [0.5, 0.6) is 0 Å². The number of aliphatic imine (C=N–C) groups is 1. The Hall–Kier alpha value is 0.140. The van der Waals surface area contributed by atoms with Crippen molar-refractivity contribution in [1.29, 1.82) is 0 Å². The molecule has 0 aliphatic carbocycles. The summed E-state index contributed by atoms with van der Waals surface area (Å²) in [6, 6.07) is 4.24. The fourth-order valence-electron chi connectivity index (χ4n) is 2.27. The smallest absolute Gasteiger partial charge is 0.191 e. The molecule has 0 aliphatic rings. The normalized spacial score (nSPS) is 12.6.